The molecule has 0 aromatic heterocycles. The van der Waals surface area contributed by atoms with Gasteiger partial charge in [0.1, 0.15) is 11.5 Å². The highest BCUT2D eigenvalue weighted by atomic mass is 16.5. The van der Waals surface area contributed by atoms with E-state index in [4.69, 9.17) is 4.74 Å². The minimum atomic E-state index is 0.108. The van der Waals surface area contributed by atoms with Crippen molar-refractivity contribution < 1.29 is 4.74 Å². The molecule has 2 nitrogen and oxygen atoms in total. The summed E-state index contributed by atoms with van der Waals surface area (Å²) in [6.07, 6.45) is 5.14. The Bertz CT molecular complexity index is 1250. The number of benzene rings is 3. The Morgan fingerprint density at radius 3 is 2.57 bits per heavy atom. The number of fused-ring (bicyclic) bond motifs is 7. The number of nitrogens with zero attached hydrogens (tertiary/aromatic N) is 1. The van der Waals surface area contributed by atoms with E-state index in [9.17, 15) is 0 Å². The normalized spacial score (nSPS) is 27.0. The Hall–Kier alpha value is -2.68. The summed E-state index contributed by atoms with van der Waals surface area (Å²) >= 11 is 0. The molecule has 3 heterocycles. The van der Waals surface area contributed by atoms with E-state index in [0.717, 1.165) is 11.5 Å². The van der Waals surface area contributed by atoms with Crippen molar-refractivity contribution in [1.82, 2.24) is 0 Å². The van der Waals surface area contributed by atoms with Crippen LogP contribution in [0.15, 0.2) is 54.6 Å². The van der Waals surface area contributed by atoms with Crippen LogP contribution in [0.1, 0.15) is 50.7 Å². The van der Waals surface area contributed by atoms with Crippen LogP contribution in [0.4, 0.5) is 11.4 Å². The molecule has 4 aliphatic rings. The van der Waals surface area contributed by atoms with E-state index in [2.05, 4.69) is 80.3 Å². The van der Waals surface area contributed by atoms with Crippen molar-refractivity contribution >= 4 is 34.5 Å². The van der Waals surface area contributed by atoms with E-state index in [1.54, 1.807) is 5.56 Å². The largest absolute Gasteiger partial charge is 0.458 e. The fourth-order valence-electron chi connectivity index (χ4n) is 7.14. The van der Waals surface area contributed by atoms with E-state index < -0.39 is 0 Å². The summed E-state index contributed by atoms with van der Waals surface area (Å²) in [7, 11) is 0. The standard InChI is InChI=1S/C27H26BNO/c1-17-9-6-12-20-25(17)30-22-14-8-13-21-23(22)28(20)19-11-7-10-18-24(19)29(21)27(3)16-5-4-15-26(18,27)2/h6-14H,4-5,15-16H2,1-3H3. The SMILES string of the molecule is Cc1cccc2c1Oc1cccc3c1B2c1cccc2c1N3C1(C)CCCCC21C. The fraction of sp³-hybridized carbons (Fsp3) is 0.333. The average molecular weight is 391 g/mol. The maximum absolute atomic E-state index is 6.55. The molecule has 0 saturated heterocycles. The fourth-order valence-corrected chi connectivity index (χ4v) is 7.14. The zero-order valence-corrected chi connectivity index (χ0v) is 18.0. The quantitative estimate of drug-likeness (QED) is 0.404. The summed E-state index contributed by atoms with van der Waals surface area (Å²) in [5.74, 6) is 2.08. The van der Waals surface area contributed by atoms with E-state index >= 15 is 0 Å². The molecule has 7 rings (SSSR count). The summed E-state index contributed by atoms with van der Waals surface area (Å²) in [5.41, 5.74) is 10.0. The summed E-state index contributed by atoms with van der Waals surface area (Å²) in [5, 5.41) is 0. The van der Waals surface area contributed by atoms with Crippen molar-refractivity contribution in [3.05, 3.63) is 65.7 Å². The molecule has 0 amide bonds. The molecule has 3 heteroatoms. The van der Waals surface area contributed by atoms with Gasteiger partial charge in [0.25, 0.3) is 6.71 Å². The molecule has 3 aliphatic heterocycles. The van der Waals surface area contributed by atoms with Crippen LogP contribution in [0, 0.1) is 6.92 Å². The van der Waals surface area contributed by atoms with Crippen molar-refractivity contribution in [3.8, 4) is 11.5 Å². The van der Waals surface area contributed by atoms with E-state index in [1.807, 2.05) is 0 Å². The van der Waals surface area contributed by atoms with Gasteiger partial charge in [-0.2, -0.15) is 0 Å². The maximum Gasteiger partial charge on any atom is 0.256 e. The minimum absolute atomic E-state index is 0.108. The Labute approximate surface area is 179 Å². The first-order valence-electron chi connectivity index (χ1n) is 11.4. The first-order valence-corrected chi connectivity index (χ1v) is 11.4. The summed E-state index contributed by atoms with van der Waals surface area (Å²) in [6, 6.07) is 20.4. The van der Waals surface area contributed by atoms with Crippen LogP contribution in [0.25, 0.3) is 0 Å². The zero-order chi connectivity index (χ0) is 20.3. The van der Waals surface area contributed by atoms with Crippen LogP contribution in [0.2, 0.25) is 0 Å². The van der Waals surface area contributed by atoms with Crippen LogP contribution < -0.4 is 26.0 Å². The molecule has 0 bridgehead atoms. The highest BCUT2D eigenvalue weighted by molar-refractivity contribution is 6.99. The van der Waals surface area contributed by atoms with Gasteiger partial charge in [0.2, 0.25) is 0 Å². The summed E-state index contributed by atoms with van der Waals surface area (Å²) < 4.78 is 6.55. The third-order valence-electron chi connectivity index (χ3n) is 8.81. The molecule has 30 heavy (non-hydrogen) atoms. The molecule has 2 atom stereocenters. The number of hydrogen-bond donors (Lipinski definition) is 0. The van der Waals surface area contributed by atoms with E-state index in [1.165, 1.54) is 59.0 Å². The first kappa shape index (κ1) is 17.1. The maximum atomic E-state index is 6.55. The summed E-state index contributed by atoms with van der Waals surface area (Å²) in [6.45, 7) is 7.44. The molecule has 0 radical (unpaired) electrons. The third-order valence-corrected chi connectivity index (χ3v) is 8.81. The van der Waals surface area contributed by atoms with Crippen LogP contribution in [-0.4, -0.2) is 12.3 Å². The highest BCUT2D eigenvalue weighted by Crippen LogP contribution is 2.61. The second-order valence-electron chi connectivity index (χ2n) is 10.1. The Morgan fingerprint density at radius 1 is 0.900 bits per heavy atom. The molecule has 3 aromatic carbocycles. The number of hydrogen-bond acceptors (Lipinski definition) is 2. The number of rotatable bonds is 0. The van der Waals surface area contributed by atoms with Gasteiger partial charge in [0.15, 0.2) is 0 Å². The van der Waals surface area contributed by atoms with Gasteiger partial charge in [-0.3, -0.25) is 0 Å². The molecule has 2 unspecified atom stereocenters. The number of para-hydroxylation sites is 2. The lowest BCUT2D eigenvalue weighted by Crippen LogP contribution is -2.63. The zero-order valence-electron chi connectivity index (χ0n) is 18.0. The molecular formula is C27H26BNO. The van der Waals surface area contributed by atoms with Crippen molar-refractivity contribution in [2.45, 2.75) is 57.4 Å². The van der Waals surface area contributed by atoms with Crippen LogP contribution in [-0.2, 0) is 5.41 Å². The monoisotopic (exact) mass is 391 g/mol. The molecule has 0 N–H and O–H groups in total. The minimum Gasteiger partial charge on any atom is -0.458 e. The third kappa shape index (κ3) is 1.72. The van der Waals surface area contributed by atoms with Gasteiger partial charge in [0, 0.05) is 16.8 Å². The van der Waals surface area contributed by atoms with Gasteiger partial charge in [-0.05, 0) is 66.3 Å². The summed E-state index contributed by atoms with van der Waals surface area (Å²) in [4.78, 5) is 2.72. The Kier molecular flexibility index (Phi) is 3.02. The van der Waals surface area contributed by atoms with Crippen LogP contribution in [0.5, 0.6) is 11.5 Å². The van der Waals surface area contributed by atoms with Crippen molar-refractivity contribution in [3.63, 3.8) is 0 Å². The van der Waals surface area contributed by atoms with Crippen LogP contribution in [0.3, 0.4) is 0 Å². The molecule has 0 spiro atoms. The predicted octanol–water partition coefficient (Wildman–Crippen LogP) is 4.67. The second-order valence-corrected chi connectivity index (χ2v) is 10.1. The van der Waals surface area contributed by atoms with Crippen molar-refractivity contribution in [2.24, 2.45) is 0 Å². The van der Waals surface area contributed by atoms with Crippen LogP contribution >= 0.6 is 0 Å². The average Bonchev–Trinajstić information content (AvgIpc) is 2.97. The molecule has 3 aromatic rings. The topological polar surface area (TPSA) is 12.5 Å². The first-order chi connectivity index (χ1) is 14.5. The van der Waals surface area contributed by atoms with Gasteiger partial charge < -0.3 is 9.64 Å². The van der Waals surface area contributed by atoms with Crippen molar-refractivity contribution in [1.29, 1.82) is 0 Å². The molecule has 1 saturated carbocycles. The molecular weight excluding hydrogens is 365 g/mol. The Morgan fingerprint density at radius 2 is 1.67 bits per heavy atom. The highest BCUT2D eigenvalue weighted by Gasteiger charge is 2.60. The molecule has 1 aliphatic carbocycles. The van der Waals surface area contributed by atoms with Gasteiger partial charge in [0.05, 0.1) is 5.54 Å². The Balaban J connectivity index is 1.62. The predicted molar refractivity (Wildman–Crippen MR) is 125 cm³/mol. The lowest BCUT2D eigenvalue weighted by Gasteiger charge is -2.52. The molecule has 148 valence electrons. The second kappa shape index (κ2) is 5.32. The number of anilines is 2. The lowest BCUT2D eigenvalue weighted by molar-refractivity contribution is 0.195. The van der Waals surface area contributed by atoms with Gasteiger partial charge >= 0.3 is 0 Å². The molecule has 1 fully saturated rings. The lowest BCUT2D eigenvalue weighted by atomic mass is 9.34. The van der Waals surface area contributed by atoms with E-state index in [-0.39, 0.29) is 17.7 Å². The van der Waals surface area contributed by atoms with Gasteiger partial charge in [-0.1, -0.05) is 62.2 Å². The number of ether oxygens (including phenoxy) is 1. The van der Waals surface area contributed by atoms with Gasteiger partial charge in [-0.25, -0.2) is 0 Å². The van der Waals surface area contributed by atoms with Crippen molar-refractivity contribution in [2.75, 3.05) is 4.90 Å². The number of aryl methyl sites for hydroxylation is 1. The smallest absolute Gasteiger partial charge is 0.256 e. The van der Waals surface area contributed by atoms with E-state index in [0.29, 0.717) is 0 Å². The van der Waals surface area contributed by atoms with Gasteiger partial charge in [-0.15, -0.1) is 0 Å².